The number of nitriles is 1. The Balaban J connectivity index is 2.21. The molecular weight excluding hydrogens is 236 g/mol. The molecule has 0 saturated carbocycles. The van der Waals surface area contributed by atoms with E-state index in [-0.39, 0.29) is 11.8 Å². The van der Waals surface area contributed by atoms with E-state index in [0.717, 1.165) is 0 Å². The summed E-state index contributed by atoms with van der Waals surface area (Å²) in [5, 5.41) is 9.02. The van der Waals surface area contributed by atoms with Crippen molar-refractivity contribution in [3.8, 4) is 6.07 Å². The molecule has 1 atom stereocenters. The minimum atomic E-state index is -0.0104. The van der Waals surface area contributed by atoms with Crippen molar-refractivity contribution in [1.29, 1.82) is 5.26 Å². The summed E-state index contributed by atoms with van der Waals surface area (Å²) in [6, 6.07) is 6.59. The molecule has 1 unspecified atom stereocenters. The van der Waals surface area contributed by atoms with Crippen molar-refractivity contribution in [2.24, 2.45) is 5.92 Å². The number of benzene rings is 1. The topological polar surface area (TPSA) is 44.1 Å². The molecule has 0 aliphatic carbocycles. The molecule has 3 heteroatoms. The molecule has 3 nitrogen and oxygen atoms in total. The fourth-order valence-corrected chi connectivity index (χ4v) is 2.82. The molecule has 1 fully saturated rings. The van der Waals surface area contributed by atoms with E-state index >= 15 is 0 Å². The molecule has 1 heterocycles. The van der Waals surface area contributed by atoms with Gasteiger partial charge in [-0.3, -0.25) is 4.79 Å². The highest BCUT2D eigenvalue weighted by Crippen LogP contribution is 2.23. The number of carbonyl (C=O) groups is 1. The van der Waals surface area contributed by atoms with Crippen molar-refractivity contribution in [1.82, 2.24) is 4.90 Å². The summed E-state index contributed by atoms with van der Waals surface area (Å²) in [4.78, 5) is 13.8. The third kappa shape index (κ3) is 2.96. The molecule has 0 N–H and O–H groups in total. The Bertz CT molecular complexity index is 519. The molecule has 100 valence electrons. The molecule has 1 amide bonds. The second-order valence-corrected chi connectivity index (χ2v) is 5.52. The molecule has 1 aliphatic heterocycles. The van der Waals surface area contributed by atoms with Gasteiger partial charge in [-0.2, -0.15) is 5.26 Å². The van der Waals surface area contributed by atoms with Gasteiger partial charge in [-0.25, -0.2) is 0 Å². The second-order valence-electron chi connectivity index (χ2n) is 5.52. The monoisotopic (exact) mass is 256 g/mol. The smallest absolute Gasteiger partial charge is 0.222 e. The number of carbonyl (C=O) groups excluding carboxylic acids is 1. The molecule has 0 spiro atoms. The van der Waals surface area contributed by atoms with Crippen molar-refractivity contribution in [3.05, 3.63) is 34.4 Å². The minimum absolute atomic E-state index is 0.0104. The zero-order valence-corrected chi connectivity index (χ0v) is 11.9. The first kappa shape index (κ1) is 13.6. The number of amides is 1. The lowest BCUT2D eigenvalue weighted by Crippen LogP contribution is -2.39. The summed E-state index contributed by atoms with van der Waals surface area (Å²) in [5.74, 6) is 0.162. The van der Waals surface area contributed by atoms with Crippen molar-refractivity contribution < 1.29 is 4.79 Å². The Morgan fingerprint density at radius 3 is 2.53 bits per heavy atom. The van der Waals surface area contributed by atoms with Crippen LogP contribution >= 0.6 is 0 Å². The van der Waals surface area contributed by atoms with Crippen molar-refractivity contribution in [2.45, 2.75) is 40.2 Å². The predicted octanol–water partition coefficient (Wildman–Crippen LogP) is 2.87. The molecule has 1 aliphatic rings. The zero-order chi connectivity index (χ0) is 14.0. The number of likely N-dealkylation sites (tertiary alicyclic amines) is 1. The lowest BCUT2D eigenvalue weighted by atomic mass is 9.95. The van der Waals surface area contributed by atoms with Crippen LogP contribution in [0.5, 0.6) is 0 Å². The Morgan fingerprint density at radius 1 is 1.32 bits per heavy atom. The van der Waals surface area contributed by atoms with Crippen molar-refractivity contribution >= 4 is 5.91 Å². The Kier molecular flexibility index (Phi) is 3.90. The van der Waals surface area contributed by atoms with E-state index < -0.39 is 0 Å². The van der Waals surface area contributed by atoms with Crippen LogP contribution in [0.1, 0.15) is 35.1 Å². The second kappa shape index (κ2) is 5.44. The van der Waals surface area contributed by atoms with Crippen LogP contribution in [0, 0.1) is 38.0 Å². The average molecular weight is 256 g/mol. The summed E-state index contributed by atoms with van der Waals surface area (Å²) >= 11 is 0. The van der Waals surface area contributed by atoms with Gasteiger partial charge >= 0.3 is 0 Å². The molecule has 1 aromatic rings. The van der Waals surface area contributed by atoms with E-state index in [1.807, 2.05) is 4.90 Å². The van der Waals surface area contributed by atoms with Crippen molar-refractivity contribution in [3.63, 3.8) is 0 Å². The SMILES string of the molecule is Cc1cc(C)c(CN2CC(C#N)CCC2=O)c(C)c1. The Hall–Kier alpha value is -1.82. The number of piperidine rings is 1. The van der Waals surface area contributed by atoms with Gasteiger partial charge in [0.15, 0.2) is 0 Å². The van der Waals surface area contributed by atoms with Gasteiger partial charge in [0.2, 0.25) is 5.91 Å². The molecule has 0 radical (unpaired) electrons. The first-order chi connectivity index (χ1) is 9.01. The molecule has 0 bridgehead atoms. The fraction of sp³-hybridized carbons (Fsp3) is 0.500. The van der Waals surface area contributed by atoms with Gasteiger partial charge in [0, 0.05) is 19.5 Å². The molecule has 19 heavy (non-hydrogen) atoms. The van der Waals surface area contributed by atoms with E-state index in [0.29, 0.717) is 25.9 Å². The van der Waals surface area contributed by atoms with Crippen LogP contribution in [0.15, 0.2) is 12.1 Å². The van der Waals surface area contributed by atoms with Gasteiger partial charge in [-0.1, -0.05) is 17.7 Å². The fourth-order valence-electron chi connectivity index (χ4n) is 2.82. The van der Waals surface area contributed by atoms with E-state index in [4.69, 9.17) is 5.26 Å². The van der Waals surface area contributed by atoms with Crippen LogP contribution < -0.4 is 0 Å². The maximum atomic E-state index is 12.0. The van der Waals surface area contributed by atoms with Gasteiger partial charge in [0.05, 0.1) is 12.0 Å². The quantitative estimate of drug-likeness (QED) is 0.816. The largest absolute Gasteiger partial charge is 0.337 e. The van der Waals surface area contributed by atoms with Crippen molar-refractivity contribution in [2.75, 3.05) is 6.54 Å². The van der Waals surface area contributed by atoms with Gasteiger partial charge < -0.3 is 4.90 Å². The first-order valence-corrected chi connectivity index (χ1v) is 6.75. The number of aryl methyl sites for hydroxylation is 3. The first-order valence-electron chi connectivity index (χ1n) is 6.75. The minimum Gasteiger partial charge on any atom is -0.337 e. The van der Waals surface area contributed by atoms with Crippen LogP contribution in [0.4, 0.5) is 0 Å². The summed E-state index contributed by atoms with van der Waals surface area (Å²) in [6.07, 6.45) is 1.21. The van der Waals surface area contributed by atoms with Crippen LogP contribution in [-0.4, -0.2) is 17.4 Å². The van der Waals surface area contributed by atoms with Gasteiger partial charge in [0.25, 0.3) is 0 Å². The molecule has 1 aromatic carbocycles. The normalized spacial score (nSPS) is 19.4. The molecule has 2 rings (SSSR count). The standard InChI is InChI=1S/C16H20N2O/c1-11-6-12(2)15(13(3)7-11)10-18-9-14(8-17)4-5-16(18)19/h6-7,14H,4-5,9-10H2,1-3H3. The Labute approximate surface area is 114 Å². The predicted molar refractivity (Wildman–Crippen MR) is 74.4 cm³/mol. The summed E-state index contributed by atoms with van der Waals surface area (Å²) in [7, 11) is 0. The number of nitrogens with zero attached hydrogens (tertiary/aromatic N) is 2. The average Bonchev–Trinajstić information content (AvgIpc) is 2.35. The van der Waals surface area contributed by atoms with Crippen LogP contribution in [0.3, 0.4) is 0 Å². The Morgan fingerprint density at radius 2 is 1.95 bits per heavy atom. The molecule has 1 saturated heterocycles. The third-order valence-corrected chi connectivity index (χ3v) is 3.87. The van der Waals surface area contributed by atoms with E-state index in [9.17, 15) is 4.79 Å². The maximum absolute atomic E-state index is 12.0. The van der Waals surface area contributed by atoms with E-state index in [1.165, 1.54) is 22.3 Å². The lowest BCUT2D eigenvalue weighted by molar-refractivity contribution is -0.134. The highest BCUT2D eigenvalue weighted by molar-refractivity contribution is 5.77. The summed E-state index contributed by atoms with van der Waals surface area (Å²) in [6.45, 7) is 7.47. The number of hydrogen-bond acceptors (Lipinski definition) is 2. The number of hydrogen-bond donors (Lipinski definition) is 0. The van der Waals surface area contributed by atoms with Crippen LogP contribution in [0.2, 0.25) is 0 Å². The third-order valence-electron chi connectivity index (χ3n) is 3.87. The van der Waals surface area contributed by atoms with Crippen LogP contribution in [0.25, 0.3) is 0 Å². The van der Waals surface area contributed by atoms with E-state index in [2.05, 4.69) is 39.0 Å². The van der Waals surface area contributed by atoms with Crippen LogP contribution in [-0.2, 0) is 11.3 Å². The summed E-state index contributed by atoms with van der Waals surface area (Å²) in [5.41, 5.74) is 4.92. The zero-order valence-electron chi connectivity index (χ0n) is 11.9. The van der Waals surface area contributed by atoms with Gasteiger partial charge in [0.1, 0.15) is 0 Å². The highest BCUT2D eigenvalue weighted by Gasteiger charge is 2.26. The van der Waals surface area contributed by atoms with Gasteiger partial charge in [-0.15, -0.1) is 0 Å². The maximum Gasteiger partial charge on any atom is 0.222 e. The van der Waals surface area contributed by atoms with Gasteiger partial charge in [-0.05, 0) is 43.9 Å². The lowest BCUT2D eigenvalue weighted by Gasteiger charge is -2.30. The summed E-state index contributed by atoms with van der Waals surface area (Å²) < 4.78 is 0. The molecule has 0 aromatic heterocycles. The van der Waals surface area contributed by atoms with E-state index in [1.54, 1.807) is 0 Å². The number of rotatable bonds is 2. The highest BCUT2D eigenvalue weighted by atomic mass is 16.2. The molecular formula is C16H20N2O.